The third kappa shape index (κ3) is 2.72. The monoisotopic (exact) mass is 356 g/mol. The molecule has 1 aliphatic heterocycles. The van der Waals surface area contributed by atoms with Crippen LogP contribution in [0, 0.1) is 5.92 Å². The maximum Gasteiger partial charge on any atom is 0.276 e. The molecule has 2 atom stereocenters. The van der Waals surface area contributed by atoms with E-state index < -0.39 is 5.91 Å². The first kappa shape index (κ1) is 15.9. The quantitative estimate of drug-likeness (QED) is 0.884. The summed E-state index contributed by atoms with van der Waals surface area (Å²) < 4.78 is 0. The van der Waals surface area contributed by atoms with Gasteiger partial charge in [-0.2, -0.15) is 0 Å². The number of amides is 2. The molecule has 1 saturated carbocycles. The van der Waals surface area contributed by atoms with Crippen LogP contribution in [0.1, 0.15) is 29.8 Å². The lowest BCUT2D eigenvalue weighted by molar-refractivity contribution is -0.121. The summed E-state index contributed by atoms with van der Waals surface area (Å²) in [6, 6.07) is 8.68. The number of nitrogens with two attached hydrogens (primary N) is 1. The molecule has 1 aliphatic carbocycles. The van der Waals surface area contributed by atoms with E-state index in [1.807, 2.05) is 0 Å². The first-order valence-corrected chi connectivity index (χ1v) is 8.57. The molecule has 6 nitrogen and oxygen atoms in total. The fraction of sp³-hybridized carbons (Fsp3) is 0.278. The normalized spacial score (nSPS) is 21.6. The Morgan fingerprint density at radius 3 is 2.84 bits per heavy atom. The molecule has 0 radical (unpaired) electrons. The van der Waals surface area contributed by atoms with E-state index in [1.165, 1.54) is 6.20 Å². The van der Waals surface area contributed by atoms with Gasteiger partial charge in [0.25, 0.3) is 5.91 Å². The summed E-state index contributed by atoms with van der Waals surface area (Å²) in [6.45, 7) is 0. The van der Waals surface area contributed by atoms with E-state index >= 15 is 0 Å². The maximum atomic E-state index is 12.4. The van der Waals surface area contributed by atoms with Crippen LogP contribution in [0.5, 0.6) is 0 Å². The minimum absolute atomic E-state index is 0.132. The second kappa shape index (κ2) is 6.04. The van der Waals surface area contributed by atoms with Gasteiger partial charge in [-0.1, -0.05) is 11.6 Å². The van der Waals surface area contributed by atoms with Crippen molar-refractivity contribution in [2.75, 3.05) is 16.0 Å². The molecule has 2 aliphatic rings. The van der Waals surface area contributed by atoms with Crippen molar-refractivity contribution in [3.63, 3.8) is 0 Å². The number of rotatable bonds is 3. The smallest absolute Gasteiger partial charge is 0.276 e. The van der Waals surface area contributed by atoms with Crippen molar-refractivity contribution in [3.8, 4) is 0 Å². The number of hydrogen-bond donors (Lipinski definition) is 2. The van der Waals surface area contributed by atoms with Crippen LogP contribution < -0.4 is 16.0 Å². The number of nitrogens with zero attached hydrogens (tertiary/aromatic N) is 2. The van der Waals surface area contributed by atoms with Gasteiger partial charge in [0.05, 0.1) is 16.4 Å². The van der Waals surface area contributed by atoms with Crippen LogP contribution >= 0.6 is 11.6 Å². The Balaban J connectivity index is 1.55. The molecule has 0 spiro atoms. The van der Waals surface area contributed by atoms with Crippen molar-refractivity contribution < 1.29 is 9.59 Å². The van der Waals surface area contributed by atoms with Gasteiger partial charge in [0.2, 0.25) is 5.91 Å². The number of carbonyl (C=O) groups excluding carboxylic acids is 2. The fourth-order valence-electron chi connectivity index (χ4n) is 3.69. The minimum atomic E-state index is -0.404. The van der Waals surface area contributed by atoms with Gasteiger partial charge >= 0.3 is 0 Å². The van der Waals surface area contributed by atoms with Crippen molar-refractivity contribution in [1.29, 1.82) is 0 Å². The van der Waals surface area contributed by atoms with Crippen LogP contribution in [0.4, 0.5) is 17.1 Å². The number of fused-ring (bicyclic) bond motifs is 2. The Hall–Kier alpha value is -2.60. The molecule has 2 heterocycles. The number of pyridine rings is 1. The standard InChI is InChI=1S/C18H17ClN4O2/c19-13-9-11(22-17(24)16-14(20)2-1-7-21-16)4-6-15(13)23-12-5-3-10(8-12)18(23)25/h1-2,4,6-7,9-10,12H,3,5,8,20H2,(H,22,24). The first-order valence-electron chi connectivity index (χ1n) is 8.19. The molecule has 2 bridgehead atoms. The number of halogens is 1. The van der Waals surface area contributed by atoms with Crippen LogP contribution in [0.2, 0.25) is 5.02 Å². The molecular weight excluding hydrogens is 340 g/mol. The summed E-state index contributed by atoms with van der Waals surface area (Å²) in [5.74, 6) is -0.123. The molecule has 2 amide bonds. The number of aromatic nitrogens is 1. The number of piperidine rings is 1. The summed E-state index contributed by atoms with van der Waals surface area (Å²) >= 11 is 6.39. The SMILES string of the molecule is Nc1cccnc1C(=O)Nc1ccc(N2C(=O)C3CCC2C3)c(Cl)c1. The maximum absolute atomic E-state index is 12.4. The molecular formula is C18H17ClN4O2. The van der Waals surface area contributed by atoms with Gasteiger partial charge < -0.3 is 16.0 Å². The highest BCUT2D eigenvalue weighted by atomic mass is 35.5. The summed E-state index contributed by atoms with van der Waals surface area (Å²) in [6.07, 6.45) is 4.41. The van der Waals surface area contributed by atoms with Gasteiger partial charge in [-0.3, -0.25) is 9.59 Å². The number of benzene rings is 1. The summed E-state index contributed by atoms with van der Waals surface area (Å²) in [5, 5.41) is 3.17. The molecule has 25 heavy (non-hydrogen) atoms. The van der Waals surface area contributed by atoms with E-state index in [1.54, 1.807) is 35.2 Å². The number of hydrogen-bond acceptors (Lipinski definition) is 4. The van der Waals surface area contributed by atoms with Crippen molar-refractivity contribution in [2.24, 2.45) is 5.92 Å². The molecule has 4 rings (SSSR count). The van der Waals surface area contributed by atoms with E-state index in [-0.39, 0.29) is 23.6 Å². The van der Waals surface area contributed by atoms with E-state index in [2.05, 4.69) is 10.3 Å². The Morgan fingerprint density at radius 2 is 2.16 bits per heavy atom. The number of nitrogens with one attached hydrogen (secondary N) is 1. The molecule has 1 aromatic heterocycles. The molecule has 7 heteroatoms. The highest BCUT2D eigenvalue weighted by Gasteiger charge is 2.45. The lowest BCUT2D eigenvalue weighted by Crippen LogP contribution is -2.37. The highest BCUT2D eigenvalue weighted by molar-refractivity contribution is 6.34. The fourth-order valence-corrected chi connectivity index (χ4v) is 3.96. The van der Waals surface area contributed by atoms with Crippen LogP contribution in [-0.4, -0.2) is 22.8 Å². The minimum Gasteiger partial charge on any atom is -0.397 e. The second-order valence-corrected chi connectivity index (χ2v) is 6.84. The van der Waals surface area contributed by atoms with E-state index in [0.717, 1.165) is 19.3 Å². The summed E-state index contributed by atoms with van der Waals surface area (Å²) in [4.78, 5) is 30.5. The van der Waals surface area contributed by atoms with Crippen LogP contribution in [-0.2, 0) is 4.79 Å². The Kier molecular flexibility index (Phi) is 3.84. The van der Waals surface area contributed by atoms with E-state index in [4.69, 9.17) is 17.3 Å². The number of anilines is 3. The van der Waals surface area contributed by atoms with E-state index in [0.29, 0.717) is 22.1 Å². The zero-order chi connectivity index (χ0) is 17.6. The van der Waals surface area contributed by atoms with Crippen LogP contribution in [0.15, 0.2) is 36.5 Å². The molecule has 2 unspecified atom stereocenters. The predicted octanol–water partition coefficient (Wildman–Crippen LogP) is 3.08. The topological polar surface area (TPSA) is 88.3 Å². The van der Waals surface area contributed by atoms with Crippen molar-refractivity contribution in [1.82, 2.24) is 4.98 Å². The second-order valence-electron chi connectivity index (χ2n) is 6.43. The van der Waals surface area contributed by atoms with Gasteiger partial charge in [0, 0.05) is 23.8 Å². The summed E-state index contributed by atoms with van der Waals surface area (Å²) in [7, 11) is 0. The van der Waals surface area contributed by atoms with Gasteiger partial charge in [-0.15, -0.1) is 0 Å². The van der Waals surface area contributed by atoms with Crippen LogP contribution in [0.25, 0.3) is 0 Å². The molecule has 2 aromatic rings. The molecule has 1 saturated heterocycles. The Bertz CT molecular complexity index is 870. The molecule has 1 aromatic carbocycles. The average Bonchev–Trinajstić information content (AvgIpc) is 3.17. The van der Waals surface area contributed by atoms with Gasteiger partial charge in [0.1, 0.15) is 0 Å². The lowest BCUT2D eigenvalue weighted by Gasteiger charge is -2.28. The molecule has 3 N–H and O–H groups in total. The van der Waals surface area contributed by atoms with Gasteiger partial charge in [0.15, 0.2) is 5.69 Å². The largest absolute Gasteiger partial charge is 0.397 e. The van der Waals surface area contributed by atoms with Crippen molar-refractivity contribution in [3.05, 3.63) is 47.2 Å². The zero-order valence-corrected chi connectivity index (χ0v) is 14.2. The third-order valence-corrected chi connectivity index (χ3v) is 5.18. The zero-order valence-electron chi connectivity index (χ0n) is 13.4. The first-order chi connectivity index (χ1) is 12.0. The number of nitrogen functional groups attached to an aromatic ring is 1. The summed E-state index contributed by atoms with van der Waals surface area (Å²) in [5.41, 5.74) is 7.47. The predicted molar refractivity (Wildman–Crippen MR) is 96.7 cm³/mol. The van der Waals surface area contributed by atoms with Gasteiger partial charge in [-0.05, 0) is 49.6 Å². The highest BCUT2D eigenvalue weighted by Crippen LogP contribution is 2.43. The Labute approximate surface area is 150 Å². The van der Waals surface area contributed by atoms with Gasteiger partial charge in [-0.25, -0.2) is 4.98 Å². The van der Waals surface area contributed by atoms with Crippen molar-refractivity contribution in [2.45, 2.75) is 25.3 Å². The third-order valence-electron chi connectivity index (χ3n) is 4.88. The lowest BCUT2D eigenvalue weighted by atomic mass is 10.1. The van der Waals surface area contributed by atoms with Crippen LogP contribution in [0.3, 0.4) is 0 Å². The van der Waals surface area contributed by atoms with Crippen molar-refractivity contribution >= 4 is 40.5 Å². The average molecular weight is 357 g/mol. The molecule has 128 valence electrons. The number of carbonyl (C=O) groups is 2. The van der Waals surface area contributed by atoms with E-state index in [9.17, 15) is 9.59 Å². The molecule has 2 fully saturated rings. The Morgan fingerprint density at radius 1 is 1.32 bits per heavy atom.